The van der Waals surface area contributed by atoms with Crippen LogP contribution in [0.25, 0.3) is 43.4 Å². The molecule has 0 saturated heterocycles. The van der Waals surface area contributed by atoms with Crippen LogP contribution in [0.2, 0.25) is 0 Å². The predicted octanol–water partition coefficient (Wildman–Crippen LogP) is 13.8. The molecule has 9 aromatic rings. The lowest BCUT2D eigenvalue weighted by Crippen LogP contribution is -2.13. The van der Waals surface area contributed by atoms with Gasteiger partial charge in [-0.25, -0.2) is 0 Å². The standard InChI is InChI=1S/C48H34N2/c1-3-16-43(17-4-1)49(44-18-5-2-6-19-44)45-20-11-21-46(34-45)50(47-28-26-36-13-8-10-15-38(36)32-47)48-29-27-41-31-40(24-25-42(41)33-48)39-23-22-35-12-7-9-14-37(35)30-39/h1-34H. The van der Waals surface area contributed by atoms with Crippen molar-refractivity contribution in [2.75, 3.05) is 9.80 Å². The van der Waals surface area contributed by atoms with Gasteiger partial charge in [-0.05, 0) is 122 Å². The second-order valence-corrected chi connectivity index (χ2v) is 12.7. The molecule has 0 N–H and O–H groups in total. The van der Waals surface area contributed by atoms with Gasteiger partial charge in [0, 0.05) is 34.1 Å². The van der Waals surface area contributed by atoms with Gasteiger partial charge in [0.25, 0.3) is 0 Å². The monoisotopic (exact) mass is 638 g/mol. The third-order valence-electron chi connectivity index (χ3n) is 9.53. The van der Waals surface area contributed by atoms with Crippen LogP contribution in [0.4, 0.5) is 34.1 Å². The average Bonchev–Trinajstić information content (AvgIpc) is 3.19. The molecule has 0 atom stereocenters. The Balaban J connectivity index is 1.17. The number of rotatable bonds is 7. The highest BCUT2D eigenvalue weighted by atomic mass is 15.2. The van der Waals surface area contributed by atoms with E-state index in [1.165, 1.54) is 43.4 Å². The number of fused-ring (bicyclic) bond motifs is 3. The molecule has 0 unspecified atom stereocenters. The van der Waals surface area contributed by atoms with Crippen LogP contribution in [0.15, 0.2) is 206 Å². The van der Waals surface area contributed by atoms with Gasteiger partial charge in [0.1, 0.15) is 0 Å². The number of anilines is 6. The zero-order valence-corrected chi connectivity index (χ0v) is 27.5. The lowest BCUT2D eigenvalue weighted by atomic mass is 9.98. The molecule has 0 fully saturated rings. The SMILES string of the molecule is c1ccc(N(c2ccccc2)c2cccc(N(c3ccc4ccccc4c3)c3ccc4cc(-c5ccc6ccccc6c5)ccc4c3)c2)cc1. The van der Waals surface area contributed by atoms with E-state index in [4.69, 9.17) is 0 Å². The first kappa shape index (κ1) is 29.5. The quantitative estimate of drug-likeness (QED) is 0.171. The highest BCUT2D eigenvalue weighted by molar-refractivity contribution is 5.95. The molecule has 0 radical (unpaired) electrons. The molecule has 50 heavy (non-hydrogen) atoms. The third kappa shape index (κ3) is 5.63. The zero-order valence-electron chi connectivity index (χ0n) is 27.5. The largest absolute Gasteiger partial charge is 0.310 e. The summed E-state index contributed by atoms with van der Waals surface area (Å²) in [6.45, 7) is 0. The smallest absolute Gasteiger partial charge is 0.0482 e. The van der Waals surface area contributed by atoms with Gasteiger partial charge in [0.15, 0.2) is 0 Å². The van der Waals surface area contributed by atoms with Gasteiger partial charge in [0.2, 0.25) is 0 Å². The minimum Gasteiger partial charge on any atom is -0.310 e. The number of hydrogen-bond acceptors (Lipinski definition) is 2. The summed E-state index contributed by atoms with van der Waals surface area (Å²) in [4.78, 5) is 4.69. The summed E-state index contributed by atoms with van der Waals surface area (Å²) < 4.78 is 0. The summed E-state index contributed by atoms with van der Waals surface area (Å²) >= 11 is 0. The first-order valence-corrected chi connectivity index (χ1v) is 17.1. The minimum absolute atomic E-state index is 1.08. The first-order chi connectivity index (χ1) is 24.8. The Hall–Kier alpha value is -6.64. The summed E-state index contributed by atoms with van der Waals surface area (Å²) in [6.07, 6.45) is 0. The number of nitrogens with zero attached hydrogens (tertiary/aromatic N) is 2. The molecule has 0 saturated carbocycles. The van der Waals surface area contributed by atoms with Gasteiger partial charge in [-0.15, -0.1) is 0 Å². The Kier molecular flexibility index (Phi) is 7.53. The molecule has 0 bridgehead atoms. The van der Waals surface area contributed by atoms with Crippen molar-refractivity contribution in [2.45, 2.75) is 0 Å². The molecule has 0 aliphatic carbocycles. The van der Waals surface area contributed by atoms with Crippen LogP contribution in [-0.4, -0.2) is 0 Å². The Morgan fingerprint density at radius 3 is 1.10 bits per heavy atom. The molecule has 2 nitrogen and oxygen atoms in total. The molecule has 0 aromatic heterocycles. The summed E-state index contributed by atoms with van der Waals surface area (Å²) in [5.74, 6) is 0. The average molecular weight is 639 g/mol. The van der Waals surface area contributed by atoms with Crippen molar-refractivity contribution in [3.63, 3.8) is 0 Å². The predicted molar refractivity (Wildman–Crippen MR) is 214 cm³/mol. The highest BCUT2D eigenvalue weighted by Crippen LogP contribution is 2.42. The van der Waals surface area contributed by atoms with Crippen LogP contribution < -0.4 is 9.80 Å². The number of benzene rings is 9. The van der Waals surface area contributed by atoms with Crippen LogP contribution in [0, 0.1) is 0 Å². The van der Waals surface area contributed by atoms with Gasteiger partial charge < -0.3 is 9.80 Å². The summed E-state index contributed by atoms with van der Waals surface area (Å²) in [5.41, 5.74) is 9.06. The van der Waals surface area contributed by atoms with Crippen molar-refractivity contribution in [2.24, 2.45) is 0 Å². The van der Waals surface area contributed by atoms with E-state index in [9.17, 15) is 0 Å². The van der Waals surface area contributed by atoms with E-state index in [-0.39, 0.29) is 0 Å². The first-order valence-electron chi connectivity index (χ1n) is 17.1. The van der Waals surface area contributed by atoms with E-state index >= 15 is 0 Å². The van der Waals surface area contributed by atoms with Gasteiger partial charge in [-0.3, -0.25) is 0 Å². The van der Waals surface area contributed by atoms with Crippen LogP contribution in [-0.2, 0) is 0 Å². The molecule has 236 valence electrons. The summed E-state index contributed by atoms with van der Waals surface area (Å²) in [6, 6.07) is 74.2. The van der Waals surface area contributed by atoms with E-state index in [0.717, 1.165) is 34.1 Å². The molecule has 9 rings (SSSR count). The molecule has 2 heteroatoms. The van der Waals surface area contributed by atoms with Crippen LogP contribution in [0.3, 0.4) is 0 Å². The molecule has 0 amide bonds. The molecular formula is C48H34N2. The molecule has 0 aliphatic rings. The van der Waals surface area contributed by atoms with E-state index in [1.54, 1.807) is 0 Å². The normalized spacial score (nSPS) is 11.2. The van der Waals surface area contributed by atoms with Gasteiger partial charge in [-0.1, -0.05) is 127 Å². The second-order valence-electron chi connectivity index (χ2n) is 12.7. The van der Waals surface area contributed by atoms with E-state index in [1.807, 2.05) is 0 Å². The van der Waals surface area contributed by atoms with Crippen molar-refractivity contribution >= 4 is 66.4 Å². The fraction of sp³-hybridized carbons (Fsp3) is 0. The molecule has 0 heterocycles. The fourth-order valence-corrected chi connectivity index (χ4v) is 7.06. The van der Waals surface area contributed by atoms with E-state index < -0.39 is 0 Å². The molecule has 9 aromatic carbocycles. The summed E-state index contributed by atoms with van der Waals surface area (Å²) in [7, 11) is 0. The topological polar surface area (TPSA) is 6.48 Å². The van der Waals surface area contributed by atoms with Crippen molar-refractivity contribution in [3.05, 3.63) is 206 Å². The molecule has 0 aliphatic heterocycles. The zero-order chi connectivity index (χ0) is 33.3. The second kappa shape index (κ2) is 12.8. The van der Waals surface area contributed by atoms with Crippen molar-refractivity contribution in [1.29, 1.82) is 0 Å². The number of hydrogen-bond donors (Lipinski definition) is 0. The molecule has 0 spiro atoms. The van der Waals surface area contributed by atoms with Crippen LogP contribution in [0.5, 0.6) is 0 Å². The maximum absolute atomic E-state index is 2.38. The van der Waals surface area contributed by atoms with Crippen LogP contribution in [0.1, 0.15) is 0 Å². The van der Waals surface area contributed by atoms with Gasteiger partial charge >= 0.3 is 0 Å². The Morgan fingerprint density at radius 2 is 0.540 bits per heavy atom. The summed E-state index contributed by atoms with van der Waals surface area (Å²) in [5, 5.41) is 7.36. The Labute approximate surface area is 292 Å². The maximum Gasteiger partial charge on any atom is 0.0482 e. The van der Waals surface area contributed by atoms with E-state index in [2.05, 4.69) is 216 Å². The number of para-hydroxylation sites is 2. The van der Waals surface area contributed by atoms with Crippen LogP contribution >= 0.6 is 0 Å². The third-order valence-corrected chi connectivity index (χ3v) is 9.53. The lowest BCUT2D eigenvalue weighted by molar-refractivity contribution is 1.25. The van der Waals surface area contributed by atoms with Crippen molar-refractivity contribution in [3.8, 4) is 11.1 Å². The Bertz CT molecular complexity index is 2570. The van der Waals surface area contributed by atoms with Crippen molar-refractivity contribution < 1.29 is 0 Å². The van der Waals surface area contributed by atoms with E-state index in [0.29, 0.717) is 0 Å². The minimum atomic E-state index is 1.08. The van der Waals surface area contributed by atoms with Crippen molar-refractivity contribution in [1.82, 2.24) is 0 Å². The lowest BCUT2D eigenvalue weighted by Gasteiger charge is -2.29. The Morgan fingerprint density at radius 1 is 0.200 bits per heavy atom. The maximum atomic E-state index is 2.38. The highest BCUT2D eigenvalue weighted by Gasteiger charge is 2.18. The molecular weight excluding hydrogens is 605 g/mol. The van der Waals surface area contributed by atoms with Gasteiger partial charge in [-0.2, -0.15) is 0 Å². The van der Waals surface area contributed by atoms with Gasteiger partial charge in [0.05, 0.1) is 0 Å². The fourth-order valence-electron chi connectivity index (χ4n) is 7.06.